The van der Waals surface area contributed by atoms with Crippen molar-refractivity contribution < 1.29 is 18.7 Å². The highest BCUT2D eigenvalue weighted by Crippen LogP contribution is 2.40. The second-order valence-corrected chi connectivity index (χ2v) is 9.60. The summed E-state index contributed by atoms with van der Waals surface area (Å²) in [5, 5.41) is 3.29. The van der Waals surface area contributed by atoms with Crippen LogP contribution in [0, 0.1) is 0 Å². The van der Waals surface area contributed by atoms with Crippen molar-refractivity contribution in [3.8, 4) is 16.9 Å². The summed E-state index contributed by atoms with van der Waals surface area (Å²) in [6, 6.07) is 14.6. The largest absolute Gasteiger partial charge is 0.484 e. The Morgan fingerprint density at radius 2 is 2.00 bits per heavy atom. The summed E-state index contributed by atoms with van der Waals surface area (Å²) in [7, 11) is 0. The summed E-state index contributed by atoms with van der Waals surface area (Å²) in [5.41, 5.74) is 9.70. The predicted molar refractivity (Wildman–Crippen MR) is 140 cm³/mol. The number of nitrogen functional groups attached to an aromatic ring is 1. The lowest BCUT2D eigenvalue weighted by atomic mass is 9.99. The second-order valence-electron chi connectivity index (χ2n) is 9.19. The highest BCUT2D eigenvalue weighted by atomic mass is 35.5. The fourth-order valence-electron chi connectivity index (χ4n) is 4.49. The maximum atomic E-state index is 13.5. The van der Waals surface area contributed by atoms with Gasteiger partial charge in [-0.15, -0.1) is 0 Å². The van der Waals surface area contributed by atoms with Crippen LogP contribution in [0.25, 0.3) is 11.1 Å². The smallest absolute Gasteiger partial charge is 0.253 e. The minimum Gasteiger partial charge on any atom is -0.484 e. The molecule has 1 unspecified atom stereocenters. The van der Waals surface area contributed by atoms with Crippen LogP contribution in [-0.2, 0) is 17.8 Å². The lowest BCUT2D eigenvalue weighted by Gasteiger charge is -2.15. The number of fused-ring (bicyclic) bond motifs is 1. The maximum absolute atomic E-state index is 13.5. The normalized spacial score (nSPS) is 18.6. The topological polar surface area (TPSA) is 97.5 Å². The quantitative estimate of drug-likeness (QED) is 0.471. The average Bonchev–Trinajstić information content (AvgIpc) is 3.53. The van der Waals surface area contributed by atoms with E-state index >= 15 is 0 Å². The number of halogens is 2. The number of likely N-dealkylation sites (tertiary alicyclic amines) is 1. The number of nitrogens with one attached hydrogen (secondary N) is 1. The van der Waals surface area contributed by atoms with E-state index in [2.05, 4.69) is 10.3 Å². The number of benzene rings is 2. The molecule has 1 aromatic heterocycles. The summed E-state index contributed by atoms with van der Waals surface area (Å²) in [5.74, 6) is 0.636. The van der Waals surface area contributed by atoms with Crippen LogP contribution in [0.2, 0.25) is 5.02 Å². The summed E-state index contributed by atoms with van der Waals surface area (Å²) >= 11 is 6.52. The van der Waals surface area contributed by atoms with Crippen molar-refractivity contribution in [2.24, 2.45) is 0 Å². The Morgan fingerprint density at radius 1 is 1.19 bits per heavy atom. The Labute approximate surface area is 219 Å². The van der Waals surface area contributed by atoms with Gasteiger partial charge < -0.3 is 20.7 Å². The molecule has 2 aromatic carbocycles. The Balaban J connectivity index is 1.21. The van der Waals surface area contributed by atoms with E-state index in [-0.39, 0.29) is 24.5 Å². The zero-order valence-electron chi connectivity index (χ0n) is 20.0. The molecule has 0 spiro atoms. The highest BCUT2D eigenvalue weighted by Gasteiger charge is 2.27. The van der Waals surface area contributed by atoms with Gasteiger partial charge in [0.05, 0.1) is 11.6 Å². The van der Waals surface area contributed by atoms with E-state index < -0.39 is 6.17 Å². The molecule has 37 heavy (non-hydrogen) atoms. The fraction of sp³-hybridized carbons (Fsp3) is 0.250. The molecule has 7 nitrogen and oxygen atoms in total. The number of aromatic nitrogens is 1. The number of alkyl halides is 1. The van der Waals surface area contributed by atoms with E-state index in [1.807, 2.05) is 30.3 Å². The number of carbonyl (C=O) groups excluding carboxylic acids is 2. The molecule has 0 radical (unpaired) electrons. The Hall–Kier alpha value is -3.91. The molecular formula is C28H26ClFN4O3. The molecule has 3 aromatic rings. The van der Waals surface area contributed by atoms with Gasteiger partial charge in [-0.2, -0.15) is 0 Å². The van der Waals surface area contributed by atoms with E-state index in [0.29, 0.717) is 48.1 Å². The van der Waals surface area contributed by atoms with Gasteiger partial charge in [-0.25, -0.2) is 9.37 Å². The van der Waals surface area contributed by atoms with Crippen molar-refractivity contribution in [3.05, 3.63) is 88.6 Å². The van der Waals surface area contributed by atoms with Crippen LogP contribution < -0.4 is 15.8 Å². The number of carbonyl (C=O) groups is 2. The van der Waals surface area contributed by atoms with Gasteiger partial charge in [0.1, 0.15) is 23.8 Å². The first-order chi connectivity index (χ1) is 17.9. The minimum absolute atomic E-state index is 0.151. The van der Waals surface area contributed by atoms with Crippen molar-refractivity contribution in [1.82, 2.24) is 15.2 Å². The van der Waals surface area contributed by atoms with E-state index in [1.165, 1.54) is 6.08 Å². The van der Waals surface area contributed by atoms with Crippen LogP contribution in [0.3, 0.4) is 0 Å². The van der Waals surface area contributed by atoms with Gasteiger partial charge in [-0.1, -0.05) is 29.8 Å². The maximum Gasteiger partial charge on any atom is 0.253 e. The van der Waals surface area contributed by atoms with Gasteiger partial charge in [0.25, 0.3) is 5.91 Å². The minimum atomic E-state index is -0.945. The first kappa shape index (κ1) is 24.8. The third-order valence-corrected chi connectivity index (χ3v) is 6.75. The first-order valence-electron chi connectivity index (χ1n) is 12.0. The first-order valence-corrected chi connectivity index (χ1v) is 12.4. The molecule has 0 aliphatic carbocycles. The van der Waals surface area contributed by atoms with Crippen molar-refractivity contribution >= 4 is 29.2 Å². The molecule has 3 N–H and O–H groups in total. The predicted octanol–water partition coefficient (Wildman–Crippen LogP) is 4.34. The van der Waals surface area contributed by atoms with Crippen LogP contribution in [0.4, 0.5) is 10.2 Å². The second kappa shape index (κ2) is 10.6. The molecule has 2 aliphatic heterocycles. The van der Waals surface area contributed by atoms with Gasteiger partial charge in [0.2, 0.25) is 5.91 Å². The monoisotopic (exact) mass is 520 g/mol. The number of hydrogen-bond acceptors (Lipinski definition) is 5. The number of nitrogens with zero attached hydrogens (tertiary/aromatic N) is 2. The van der Waals surface area contributed by atoms with Crippen molar-refractivity contribution in [3.63, 3.8) is 0 Å². The molecular weight excluding hydrogens is 495 g/mol. The van der Waals surface area contributed by atoms with E-state index in [1.54, 1.807) is 35.4 Å². The zero-order valence-corrected chi connectivity index (χ0v) is 20.7. The fourth-order valence-corrected chi connectivity index (χ4v) is 4.77. The van der Waals surface area contributed by atoms with Crippen molar-refractivity contribution in [1.29, 1.82) is 0 Å². The summed E-state index contributed by atoms with van der Waals surface area (Å²) in [6.45, 7) is 0.939. The van der Waals surface area contributed by atoms with Crippen LogP contribution in [0.5, 0.6) is 5.75 Å². The summed E-state index contributed by atoms with van der Waals surface area (Å²) in [4.78, 5) is 30.4. The van der Waals surface area contributed by atoms with Crippen LogP contribution in [0.1, 0.15) is 27.9 Å². The number of amides is 2. The van der Waals surface area contributed by atoms with E-state index in [9.17, 15) is 14.0 Å². The molecule has 2 amide bonds. The number of anilines is 1. The molecule has 9 heteroatoms. The zero-order chi connectivity index (χ0) is 25.9. The SMILES string of the molecule is Nc1ccc(CNC(=O)C=CC2Cc3cc(-c4ccc(C(=O)N5CC[C@@H](F)C5)cc4)cc(Cl)c3O2)cn1. The molecule has 0 saturated carbocycles. The van der Waals surface area contributed by atoms with Gasteiger partial charge in [0, 0.05) is 42.9 Å². The molecule has 1 fully saturated rings. The molecule has 3 heterocycles. The lowest BCUT2D eigenvalue weighted by Crippen LogP contribution is -2.28. The Morgan fingerprint density at radius 3 is 2.70 bits per heavy atom. The van der Waals surface area contributed by atoms with Gasteiger partial charge in [-0.05, 0) is 59.5 Å². The van der Waals surface area contributed by atoms with Crippen molar-refractivity contribution in [2.45, 2.75) is 31.7 Å². The van der Waals surface area contributed by atoms with Gasteiger partial charge in [-0.3, -0.25) is 9.59 Å². The molecule has 5 rings (SSSR count). The standard InChI is InChI=1S/C28H26ClFN4O3/c29-24-13-20(18-2-4-19(5-3-18)28(36)34-10-9-22(30)16-34)11-21-12-23(37-27(21)24)6-8-26(35)33-15-17-1-7-25(31)32-14-17/h1-8,11,13-14,22-23H,9-10,12,15-16H2,(H2,31,32)(H,33,35)/t22-,23?/m1/s1. The molecule has 190 valence electrons. The third-order valence-electron chi connectivity index (χ3n) is 6.47. The number of nitrogens with two attached hydrogens (primary N) is 1. The number of hydrogen-bond donors (Lipinski definition) is 2. The molecule has 0 bridgehead atoms. The summed E-state index contributed by atoms with van der Waals surface area (Å²) in [6.07, 6.45) is 4.50. The number of ether oxygens (including phenoxy) is 1. The number of pyridine rings is 1. The summed E-state index contributed by atoms with van der Waals surface area (Å²) < 4.78 is 19.4. The van der Waals surface area contributed by atoms with Crippen molar-refractivity contribution in [2.75, 3.05) is 18.8 Å². The van der Waals surface area contributed by atoms with E-state index in [0.717, 1.165) is 22.3 Å². The Kier molecular flexibility index (Phi) is 7.10. The Bertz CT molecular complexity index is 1340. The molecule has 2 atom stereocenters. The number of rotatable bonds is 6. The van der Waals surface area contributed by atoms with Gasteiger partial charge >= 0.3 is 0 Å². The molecule has 1 saturated heterocycles. The van der Waals surface area contributed by atoms with Crippen LogP contribution >= 0.6 is 11.6 Å². The van der Waals surface area contributed by atoms with Crippen LogP contribution in [0.15, 0.2) is 66.9 Å². The van der Waals surface area contributed by atoms with Crippen LogP contribution in [-0.4, -0.2) is 47.1 Å². The van der Waals surface area contributed by atoms with E-state index in [4.69, 9.17) is 22.1 Å². The average molecular weight is 521 g/mol. The third kappa shape index (κ3) is 5.75. The highest BCUT2D eigenvalue weighted by molar-refractivity contribution is 6.32. The van der Waals surface area contributed by atoms with Gasteiger partial charge in [0.15, 0.2) is 0 Å². The lowest BCUT2D eigenvalue weighted by molar-refractivity contribution is -0.116. The molecule has 2 aliphatic rings.